The van der Waals surface area contributed by atoms with E-state index in [0.29, 0.717) is 6.42 Å². The second-order valence-electron chi connectivity index (χ2n) is 3.91. The normalized spacial score (nSPS) is 9.33. The summed E-state index contributed by atoms with van der Waals surface area (Å²) in [4.78, 5) is 9.87. The average molecular weight is 224 g/mol. The number of hydrogen-bond acceptors (Lipinski definition) is 1. The van der Waals surface area contributed by atoms with Crippen molar-refractivity contribution in [1.82, 2.24) is 0 Å². The molecule has 0 aromatic carbocycles. The zero-order valence-corrected chi connectivity index (χ0v) is 12.7. The standard InChI is InChI=1S/C6H12O2.C6H13.Na/c1-2-3-4-5-6(7)8;1-3-5-6-4-2;/h2-5H2,1H3,(H,7,8);1,3-6H2,2H3;. The van der Waals surface area contributed by atoms with Crippen molar-refractivity contribution in [2.24, 2.45) is 0 Å². The van der Waals surface area contributed by atoms with Crippen LogP contribution >= 0.6 is 0 Å². The molecule has 15 heavy (non-hydrogen) atoms. The minimum atomic E-state index is -0.682. The number of hydrogen-bond donors (Lipinski definition) is 1. The molecule has 0 aliphatic rings. The maximum absolute atomic E-state index is 9.87. The third-order valence-electron chi connectivity index (χ3n) is 2.20. The second-order valence-corrected chi connectivity index (χ2v) is 4.91. The van der Waals surface area contributed by atoms with Gasteiger partial charge < -0.3 is 5.11 Å². The summed E-state index contributed by atoms with van der Waals surface area (Å²) in [6, 6.07) is 0. The van der Waals surface area contributed by atoms with E-state index >= 15 is 0 Å². The van der Waals surface area contributed by atoms with Crippen LogP contribution in [0, 0.1) is 0 Å². The Hall–Kier alpha value is 0.470. The third kappa shape index (κ3) is 25.1. The molecule has 0 rings (SSSR count). The van der Waals surface area contributed by atoms with Gasteiger partial charge in [0, 0.05) is 6.42 Å². The van der Waals surface area contributed by atoms with E-state index in [1.165, 1.54) is 57.3 Å². The number of rotatable bonds is 8. The van der Waals surface area contributed by atoms with E-state index in [2.05, 4.69) is 13.8 Å². The van der Waals surface area contributed by atoms with E-state index in [0.717, 1.165) is 19.3 Å². The van der Waals surface area contributed by atoms with Crippen molar-refractivity contribution in [3.8, 4) is 0 Å². The van der Waals surface area contributed by atoms with Crippen molar-refractivity contribution in [1.29, 1.82) is 0 Å². The van der Waals surface area contributed by atoms with Crippen molar-refractivity contribution in [2.75, 3.05) is 0 Å². The molecule has 3 heteroatoms. The van der Waals surface area contributed by atoms with Crippen molar-refractivity contribution < 1.29 is 9.90 Å². The molecule has 0 heterocycles. The van der Waals surface area contributed by atoms with Gasteiger partial charge in [-0.3, -0.25) is 4.79 Å². The summed E-state index contributed by atoms with van der Waals surface area (Å²) in [7, 11) is 0. The molecule has 0 aliphatic carbocycles. The molecule has 0 aromatic heterocycles. The Morgan fingerprint density at radius 2 is 1.53 bits per heavy atom. The summed E-state index contributed by atoms with van der Waals surface area (Å²) >= 11 is 1.41. The van der Waals surface area contributed by atoms with Gasteiger partial charge in [0.2, 0.25) is 0 Å². The summed E-state index contributed by atoms with van der Waals surface area (Å²) < 4.78 is 1.50. The number of carboxylic acids is 1. The maximum atomic E-state index is 9.87. The molecule has 0 aliphatic heterocycles. The molecule has 0 unspecified atom stereocenters. The molecular formula is C12H25NaO2. The van der Waals surface area contributed by atoms with Crippen LogP contribution < -0.4 is 0 Å². The van der Waals surface area contributed by atoms with Gasteiger partial charge >= 0.3 is 70.2 Å². The van der Waals surface area contributed by atoms with Crippen LogP contribution in [-0.4, -0.2) is 39.0 Å². The number of aliphatic carboxylic acids is 1. The number of carbonyl (C=O) groups is 1. The van der Waals surface area contributed by atoms with Crippen LogP contribution in [0.15, 0.2) is 0 Å². The van der Waals surface area contributed by atoms with Gasteiger partial charge in [-0.25, -0.2) is 0 Å². The van der Waals surface area contributed by atoms with Crippen LogP contribution in [-0.2, 0) is 4.79 Å². The topological polar surface area (TPSA) is 37.3 Å². The van der Waals surface area contributed by atoms with Gasteiger partial charge in [-0.2, -0.15) is 0 Å². The van der Waals surface area contributed by atoms with Gasteiger partial charge in [-0.15, -0.1) is 0 Å². The van der Waals surface area contributed by atoms with Crippen LogP contribution in [0.25, 0.3) is 0 Å². The zero-order valence-electron chi connectivity index (χ0n) is 10.7. The first-order valence-corrected chi connectivity index (χ1v) is 7.82. The Morgan fingerprint density at radius 3 is 1.93 bits per heavy atom. The average Bonchev–Trinajstić information content (AvgIpc) is 2.20. The molecule has 0 amide bonds. The van der Waals surface area contributed by atoms with Crippen LogP contribution in [0.3, 0.4) is 0 Å². The van der Waals surface area contributed by atoms with Crippen molar-refractivity contribution in [3.05, 3.63) is 0 Å². The van der Waals surface area contributed by atoms with E-state index in [1.54, 1.807) is 0 Å². The molecule has 0 fully saturated rings. The Morgan fingerprint density at radius 1 is 1.00 bits per heavy atom. The number of carboxylic acid groups (broad SMARTS) is 1. The molecule has 0 bridgehead atoms. The minimum absolute atomic E-state index is 0.327. The van der Waals surface area contributed by atoms with Gasteiger partial charge in [0.1, 0.15) is 0 Å². The molecule has 0 radical (unpaired) electrons. The Balaban J connectivity index is 0. The van der Waals surface area contributed by atoms with Crippen molar-refractivity contribution in [2.45, 2.75) is 68.9 Å². The van der Waals surface area contributed by atoms with Crippen LogP contribution in [0.5, 0.6) is 0 Å². The van der Waals surface area contributed by atoms with E-state index in [-0.39, 0.29) is 0 Å². The Bertz CT molecular complexity index is 123. The molecule has 0 aromatic rings. The fraction of sp³-hybridized carbons (Fsp3) is 0.917. The van der Waals surface area contributed by atoms with Gasteiger partial charge in [-0.05, 0) is 6.42 Å². The molecule has 0 saturated heterocycles. The SMILES string of the molecule is CCCCCC(=O)O.CCCCC[CH2][Na]. The quantitative estimate of drug-likeness (QED) is 0.503. The summed E-state index contributed by atoms with van der Waals surface area (Å²) in [5.41, 5.74) is 0. The van der Waals surface area contributed by atoms with Gasteiger partial charge in [0.25, 0.3) is 0 Å². The molecular weight excluding hydrogens is 199 g/mol. The van der Waals surface area contributed by atoms with Gasteiger partial charge in [0.15, 0.2) is 0 Å². The Kier molecular flexibility index (Phi) is 20.1. The summed E-state index contributed by atoms with van der Waals surface area (Å²) in [6.07, 6.45) is 9.06. The summed E-state index contributed by atoms with van der Waals surface area (Å²) in [5, 5.41) is 8.14. The van der Waals surface area contributed by atoms with Crippen LogP contribution in [0.4, 0.5) is 0 Å². The first-order valence-electron chi connectivity index (χ1n) is 6.40. The van der Waals surface area contributed by atoms with Crippen LogP contribution in [0.2, 0.25) is 3.67 Å². The van der Waals surface area contributed by atoms with Gasteiger partial charge in [-0.1, -0.05) is 19.8 Å². The van der Waals surface area contributed by atoms with E-state index in [1.807, 2.05) is 0 Å². The van der Waals surface area contributed by atoms with E-state index < -0.39 is 5.97 Å². The third-order valence-corrected chi connectivity index (χ3v) is 2.91. The van der Waals surface area contributed by atoms with Crippen LogP contribution in [0.1, 0.15) is 65.2 Å². The van der Waals surface area contributed by atoms with E-state index in [9.17, 15) is 4.79 Å². The Labute approximate surface area is 112 Å². The summed E-state index contributed by atoms with van der Waals surface area (Å²) in [5.74, 6) is -0.682. The van der Waals surface area contributed by atoms with Crippen molar-refractivity contribution >= 4 is 33.9 Å². The first-order chi connectivity index (χ1) is 7.18. The molecule has 86 valence electrons. The predicted octanol–water partition coefficient (Wildman–Crippen LogP) is 3.80. The second kappa shape index (κ2) is 16.9. The molecule has 0 atom stereocenters. The monoisotopic (exact) mass is 224 g/mol. The molecule has 1 N–H and O–H groups in total. The van der Waals surface area contributed by atoms with Crippen molar-refractivity contribution in [3.63, 3.8) is 0 Å². The molecule has 0 spiro atoms. The zero-order chi connectivity index (χ0) is 11.9. The fourth-order valence-corrected chi connectivity index (χ4v) is 1.70. The predicted molar refractivity (Wildman–Crippen MR) is 66.5 cm³/mol. The molecule has 2 nitrogen and oxygen atoms in total. The van der Waals surface area contributed by atoms with E-state index in [4.69, 9.17) is 5.11 Å². The number of unbranched alkanes of at least 4 members (excludes halogenated alkanes) is 5. The van der Waals surface area contributed by atoms with Gasteiger partial charge in [0.05, 0.1) is 0 Å². The summed E-state index contributed by atoms with van der Waals surface area (Å²) in [6.45, 7) is 4.31. The first kappa shape index (κ1) is 17.9. The molecule has 0 saturated carbocycles. The fourth-order valence-electron chi connectivity index (χ4n) is 1.20.